The van der Waals surface area contributed by atoms with Crippen molar-refractivity contribution in [3.05, 3.63) is 93.0 Å². The highest BCUT2D eigenvalue weighted by Gasteiger charge is 2.20. The highest BCUT2D eigenvalue weighted by Crippen LogP contribution is 2.37. The van der Waals surface area contributed by atoms with Crippen molar-refractivity contribution in [3.8, 4) is 11.5 Å². The van der Waals surface area contributed by atoms with Crippen LogP contribution in [0, 0.1) is 0 Å². The smallest absolute Gasteiger partial charge is 0.321 e. The molecule has 1 heterocycles. The first kappa shape index (κ1) is 25.1. The van der Waals surface area contributed by atoms with Crippen molar-refractivity contribution in [2.75, 3.05) is 6.61 Å². The lowest BCUT2D eigenvalue weighted by atomic mass is 10.0. The van der Waals surface area contributed by atoms with Crippen LogP contribution < -0.4 is 14.8 Å². The average molecular weight is 558 g/mol. The van der Waals surface area contributed by atoms with Crippen LogP contribution >= 0.6 is 27.5 Å². The van der Waals surface area contributed by atoms with E-state index in [1.165, 1.54) is 0 Å². The van der Waals surface area contributed by atoms with Crippen LogP contribution in [0.15, 0.2) is 71.3 Å². The summed E-state index contributed by atoms with van der Waals surface area (Å²) in [6, 6.07) is 18.4. The number of hydrogen-bond acceptors (Lipinski definition) is 4. The molecule has 182 valence electrons. The number of rotatable bonds is 11. The number of aromatic nitrogens is 1. The number of ether oxygens (including phenoxy) is 2. The molecule has 1 unspecified atom stereocenters. The summed E-state index contributed by atoms with van der Waals surface area (Å²) in [6.45, 7) is 3.06. The number of fused-ring (bicyclic) bond motifs is 1. The van der Waals surface area contributed by atoms with Gasteiger partial charge in [-0.05, 0) is 69.9 Å². The van der Waals surface area contributed by atoms with Gasteiger partial charge in [0, 0.05) is 35.1 Å². The summed E-state index contributed by atoms with van der Waals surface area (Å²) in [7, 11) is 0. The normalized spacial score (nSPS) is 12.0. The molecule has 8 heteroatoms. The van der Waals surface area contributed by atoms with Gasteiger partial charge in [-0.25, -0.2) is 0 Å². The Bertz CT molecular complexity index is 1320. The molecule has 1 aromatic heterocycles. The van der Waals surface area contributed by atoms with Gasteiger partial charge in [0.05, 0.1) is 11.1 Å². The van der Waals surface area contributed by atoms with Gasteiger partial charge >= 0.3 is 5.97 Å². The lowest BCUT2D eigenvalue weighted by molar-refractivity contribution is -0.139. The number of hydrogen-bond donors (Lipinski definition) is 3. The zero-order valence-electron chi connectivity index (χ0n) is 19.2. The quantitative estimate of drug-likeness (QED) is 0.200. The molecule has 0 amide bonds. The van der Waals surface area contributed by atoms with Gasteiger partial charge in [0.2, 0.25) is 0 Å². The standard InChI is InChI=1S/C27H26BrClN2O4/c1-2-34-25-12-18(11-22(28)26(25)35-16-17-6-5-7-20(29)10-17)14-30-24(27(32)33)13-19-15-31-23-9-4-3-8-21(19)23/h3-12,15,24,30-31H,2,13-14,16H2,1H3,(H,32,33). The topological polar surface area (TPSA) is 83.6 Å². The molecule has 4 rings (SSSR count). The Morgan fingerprint density at radius 2 is 1.94 bits per heavy atom. The Hall–Kier alpha value is -3.00. The van der Waals surface area contributed by atoms with Crippen LogP contribution in [0.25, 0.3) is 10.9 Å². The van der Waals surface area contributed by atoms with E-state index in [-0.39, 0.29) is 0 Å². The lowest BCUT2D eigenvalue weighted by Crippen LogP contribution is -2.38. The number of aromatic amines is 1. The summed E-state index contributed by atoms with van der Waals surface area (Å²) in [4.78, 5) is 15.2. The molecule has 0 aliphatic carbocycles. The molecule has 0 fully saturated rings. The maximum atomic E-state index is 12.0. The van der Waals surface area contributed by atoms with E-state index in [1.807, 2.05) is 73.8 Å². The molecule has 0 aliphatic heterocycles. The van der Waals surface area contributed by atoms with E-state index in [2.05, 4.69) is 26.2 Å². The van der Waals surface area contributed by atoms with Crippen LogP contribution in [0.3, 0.4) is 0 Å². The second-order valence-electron chi connectivity index (χ2n) is 8.09. The van der Waals surface area contributed by atoms with E-state index in [9.17, 15) is 9.90 Å². The molecule has 35 heavy (non-hydrogen) atoms. The number of para-hydroxylation sites is 1. The van der Waals surface area contributed by atoms with Crippen LogP contribution in [0.4, 0.5) is 0 Å². The summed E-state index contributed by atoms with van der Waals surface area (Å²) in [6.07, 6.45) is 2.23. The molecule has 3 N–H and O–H groups in total. The zero-order chi connectivity index (χ0) is 24.8. The fraction of sp³-hybridized carbons (Fsp3) is 0.222. The summed E-state index contributed by atoms with van der Waals surface area (Å²) in [5, 5.41) is 14.7. The molecule has 0 bridgehead atoms. The predicted octanol–water partition coefficient (Wildman–Crippen LogP) is 6.35. The number of halogens is 2. The Kier molecular flexibility index (Phi) is 8.33. The van der Waals surface area contributed by atoms with Gasteiger partial charge in [-0.1, -0.05) is 41.9 Å². The number of carbonyl (C=O) groups is 1. The van der Waals surface area contributed by atoms with Crippen molar-refractivity contribution < 1.29 is 19.4 Å². The minimum atomic E-state index is -0.902. The number of H-pyrrole nitrogens is 1. The first-order valence-corrected chi connectivity index (χ1v) is 12.4. The molecule has 0 aliphatic rings. The molecule has 0 saturated carbocycles. The van der Waals surface area contributed by atoms with Crippen LogP contribution in [0.2, 0.25) is 5.02 Å². The fourth-order valence-corrected chi connectivity index (χ4v) is 4.73. The third-order valence-electron chi connectivity index (χ3n) is 5.59. The maximum absolute atomic E-state index is 12.0. The molecular weight excluding hydrogens is 532 g/mol. The van der Waals surface area contributed by atoms with E-state index in [1.54, 1.807) is 0 Å². The zero-order valence-corrected chi connectivity index (χ0v) is 21.5. The van der Waals surface area contributed by atoms with E-state index in [0.717, 1.165) is 32.1 Å². The monoisotopic (exact) mass is 556 g/mol. The summed E-state index contributed by atoms with van der Waals surface area (Å²) in [5.41, 5.74) is 3.77. The van der Waals surface area contributed by atoms with Gasteiger partial charge in [0.1, 0.15) is 12.6 Å². The van der Waals surface area contributed by atoms with Gasteiger partial charge in [-0.3, -0.25) is 4.79 Å². The maximum Gasteiger partial charge on any atom is 0.321 e. The molecule has 6 nitrogen and oxygen atoms in total. The molecule has 0 saturated heterocycles. The highest BCUT2D eigenvalue weighted by atomic mass is 79.9. The molecular formula is C27H26BrClN2O4. The van der Waals surface area contributed by atoms with Crippen LogP contribution in [-0.4, -0.2) is 28.7 Å². The second kappa shape index (κ2) is 11.6. The summed E-state index contributed by atoms with van der Waals surface area (Å²) in [5.74, 6) is 0.272. The number of carboxylic acid groups (broad SMARTS) is 1. The molecule has 0 spiro atoms. The van der Waals surface area contributed by atoms with E-state index in [0.29, 0.717) is 42.7 Å². The van der Waals surface area contributed by atoms with Crippen molar-refractivity contribution in [2.24, 2.45) is 0 Å². The third-order valence-corrected chi connectivity index (χ3v) is 6.42. The van der Waals surface area contributed by atoms with Crippen molar-refractivity contribution in [3.63, 3.8) is 0 Å². The first-order valence-electron chi connectivity index (χ1n) is 11.3. The minimum absolute atomic E-state index is 0.336. The Morgan fingerprint density at radius 1 is 1.11 bits per heavy atom. The minimum Gasteiger partial charge on any atom is -0.490 e. The van der Waals surface area contributed by atoms with E-state index < -0.39 is 12.0 Å². The second-order valence-corrected chi connectivity index (χ2v) is 9.38. The first-order chi connectivity index (χ1) is 16.9. The predicted molar refractivity (Wildman–Crippen MR) is 141 cm³/mol. The van der Waals surface area contributed by atoms with Gasteiger partial charge in [0.15, 0.2) is 11.5 Å². The van der Waals surface area contributed by atoms with E-state index >= 15 is 0 Å². The largest absolute Gasteiger partial charge is 0.490 e. The third kappa shape index (κ3) is 6.36. The molecule has 4 aromatic rings. The summed E-state index contributed by atoms with van der Waals surface area (Å²) < 4.78 is 12.6. The molecule has 3 aromatic carbocycles. The van der Waals surface area contributed by atoms with Crippen molar-refractivity contribution in [1.29, 1.82) is 0 Å². The number of benzene rings is 3. The van der Waals surface area contributed by atoms with Crippen molar-refractivity contribution in [1.82, 2.24) is 10.3 Å². The lowest BCUT2D eigenvalue weighted by Gasteiger charge is -2.18. The van der Waals surface area contributed by atoms with Gasteiger partial charge < -0.3 is 24.9 Å². The number of nitrogens with one attached hydrogen (secondary N) is 2. The van der Waals surface area contributed by atoms with Gasteiger partial charge in [-0.2, -0.15) is 0 Å². The molecule has 1 atom stereocenters. The molecule has 0 radical (unpaired) electrons. The Labute approximate surface area is 217 Å². The van der Waals surface area contributed by atoms with Crippen LogP contribution in [0.5, 0.6) is 11.5 Å². The Balaban J connectivity index is 1.47. The van der Waals surface area contributed by atoms with Crippen LogP contribution in [-0.2, 0) is 24.4 Å². The van der Waals surface area contributed by atoms with Crippen molar-refractivity contribution in [2.45, 2.75) is 32.5 Å². The summed E-state index contributed by atoms with van der Waals surface area (Å²) >= 11 is 9.66. The SMILES string of the molecule is CCOc1cc(CNC(Cc2c[nH]c3ccccc23)C(=O)O)cc(Br)c1OCc1cccc(Cl)c1. The van der Waals surface area contributed by atoms with Gasteiger partial charge in [-0.15, -0.1) is 0 Å². The average Bonchev–Trinajstić information content (AvgIpc) is 3.24. The van der Waals surface area contributed by atoms with Crippen LogP contribution in [0.1, 0.15) is 23.6 Å². The van der Waals surface area contributed by atoms with Crippen molar-refractivity contribution >= 4 is 44.4 Å². The number of carboxylic acids is 1. The number of aliphatic carboxylic acids is 1. The van der Waals surface area contributed by atoms with Gasteiger partial charge in [0.25, 0.3) is 0 Å². The van der Waals surface area contributed by atoms with E-state index in [4.69, 9.17) is 21.1 Å². The Morgan fingerprint density at radius 3 is 2.71 bits per heavy atom. The fourth-order valence-electron chi connectivity index (χ4n) is 3.92. The highest BCUT2D eigenvalue weighted by molar-refractivity contribution is 9.10.